The molecule has 0 saturated heterocycles. The molecule has 0 atom stereocenters. The van der Waals surface area contributed by atoms with Crippen LogP contribution in [0.3, 0.4) is 0 Å². The van der Waals surface area contributed by atoms with Gasteiger partial charge in [0.25, 0.3) is 0 Å². The molecule has 0 aliphatic heterocycles. The fourth-order valence-corrected chi connectivity index (χ4v) is 1.20. The average Bonchev–Trinajstić information content (AvgIpc) is 2.07. The number of nitro groups is 1. The lowest BCUT2D eigenvalue weighted by molar-refractivity contribution is -0.387. The van der Waals surface area contributed by atoms with Crippen LogP contribution in [0.2, 0.25) is 0 Å². The fraction of sp³-hybridized carbons (Fsp3) is 0.143. The van der Waals surface area contributed by atoms with E-state index in [1.807, 2.05) is 0 Å². The minimum atomic E-state index is -1.43. The highest BCUT2D eigenvalue weighted by atomic mass is 79.9. The molecule has 1 aromatic carbocycles. The lowest BCUT2D eigenvalue weighted by atomic mass is 10.2. The van der Waals surface area contributed by atoms with Gasteiger partial charge in [0.2, 0.25) is 5.82 Å². The summed E-state index contributed by atoms with van der Waals surface area (Å²) in [6, 6.07) is 0.938. The normalized spacial score (nSPS) is 10.2. The van der Waals surface area contributed by atoms with Crippen molar-refractivity contribution in [2.75, 3.05) is 0 Å². The molecule has 6 heteroatoms. The molecule has 0 heterocycles. The third-order valence-electron chi connectivity index (χ3n) is 1.57. The molecular weight excluding hydrogens is 248 g/mol. The molecule has 3 nitrogen and oxygen atoms in total. The lowest BCUT2D eigenvalue weighted by Crippen LogP contribution is -1.98. The third-order valence-corrected chi connectivity index (χ3v) is 2.39. The lowest BCUT2D eigenvalue weighted by Gasteiger charge is -2.01. The summed E-state index contributed by atoms with van der Waals surface area (Å²) in [6.07, 6.45) is 0. The maximum atomic E-state index is 12.9. The van der Waals surface area contributed by atoms with E-state index >= 15 is 0 Å². The summed E-state index contributed by atoms with van der Waals surface area (Å²) in [5.74, 6) is -2.62. The Kier molecular flexibility index (Phi) is 2.60. The van der Waals surface area contributed by atoms with E-state index < -0.39 is 22.2 Å². The smallest absolute Gasteiger partial charge is 0.258 e. The molecule has 13 heavy (non-hydrogen) atoms. The number of nitro benzene ring substituents is 1. The van der Waals surface area contributed by atoms with Gasteiger partial charge in [-0.1, -0.05) is 15.9 Å². The van der Waals surface area contributed by atoms with Gasteiger partial charge in [0.1, 0.15) is 0 Å². The standard InChI is InChI=1S/C7H4BrF2NO2/c1-3-4(8)2-5(11(12)13)7(10)6(3)9/h2H,1H3. The Morgan fingerprint density at radius 2 is 2.00 bits per heavy atom. The third kappa shape index (κ3) is 1.67. The second-order valence-corrected chi connectivity index (χ2v) is 3.24. The van der Waals surface area contributed by atoms with Gasteiger partial charge < -0.3 is 0 Å². The van der Waals surface area contributed by atoms with E-state index in [1.54, 1.807) is 0 Å². The summed E-state index contributed by atoms with van der Waals surface area (Å²) in [4.78, 5) is 9.25. The number of nitrogens with zero attached hydrogens (tertiary/aromatic N) is 1. The van der Waals surface area contributed by atoms with Crippen molar-refractivity contribution < 1.29 is 13.7 Å². The topological polar surface area (TPSA) is 43.1 Å². The zero-order valence-electron chi connectivity index (χ0n) is 6.47. The molecule has 0 unspecified atom stereocenters. The molecule has 0 aliphatic rings. The molecule has 0 spiro atoms. The molecular formula is C7H4BrF2NO2. The molecule has 0 amide bonds. The highest BCUT2D eigenvalue weighted by molar-refractivity contribution is 9.10. The van der Waals surface area contributed by atoms with Crippen LogP contribution in [0.4, 0.5) is 14.5 Å². The monoisotopic (exact) mass is 251 g/mol. The molecule has 0 saturated carbocycles. The maximum absolute atomic E-state index is 12.9. The SMILES string of the molecule is Cc1c(Br)cc([N+](=O)[O-])c(F)c1F. The van der Waals surface area contributed by atoms with E-state index in [4.69, 9.17) is 0 Å². The Morgan fingerprint density at radius 1 is 1.46 bits per heavy atom. The van der Waals surface area contributed by atoms with Gasteiger partial charge in [-0.05, 0) is 6.92 Å². The summed E-state index contributed by atoms with van der Waals surface area (Å²) in [5, 5.41) is 10.2. The van der Waals surface area contributed by atoms with Crippen LogP contribution in [0.15, 0.2) is 10.5 Å². The quantitative estimate of drug-likeness (QED) is 0.438. The zero-order chi connectivity index (χ0) is 10.2. The van der Waals surface area contributed by atoms with Gasteiger partial charge in [0, 0.05) is 16.1 Å². The van der Waals surface area contributed by atoms with Crippen molar-refractivity contribution in [1.29, 1.82) is 0 Å². The summed E-state index contributed by atoms with van der Waals surface area (Å²) in [7, 11) is 0. The van der Waals surface area contributed by atoms with Crippen LogP contribution >= 0.6 is 15.9 Å². The van der Waals surface area contributed by atoms with Crippen molar-refractivity contribution in [3.8, 4) is 0 Å². The second kappa shape index (κ2) is 3.37. The first-order valence-corrected chi connectivity index (χ1v) is 4.03. The van der Waals surface area contributed by atoms with Gasteiger partial charge in [0.15, 0.2) is 5.82 Å². The molecule has 0 radical (unpaired) electrons. The Hall–Kier alpha value is -1.04. The van der Waals surface area contributed by atoms with Crippen molar-refractivity contribution in [3.63, 3.8) is 0 Å². The van der Waals surface area contributed by atoms with Crippen LogP contribution in [0.5, 0.6) is 0 Å². The molecule has 0 bridgehead atoms. The minimum Gasteiger partial charge on any atom is -0.258 e. The second-order valence-electron chi connectivity index (χ2n) is 2.39. The van der Waals surface area contributed by atoms with E-state index in [9.17, 15) is 18.9 Å². The van der Waals surface area contributed by atoms with Crippen molar-refractivity contribution >= 4 is 21.6 Å². The first-order chi connectivity index (χ1) is 5.95. The van der Waals surface area contributed by atoms with Gasteiger partial charge in [-0.2, -0.15) is 4.39 Å². The average molecular weight is 252 g/mol. The molecule has 0 fully saturated rings. The van der Waals surface area contributed by atoms with Gasteiger partial charge in [-0.25, -0.2) is 4.39 Å². The fourth-order valence-electron chi connectivity index (χ4n) is 0.806. The van der Waals surface area contributed by atoms with Crippen molar-refractivity contribution in [2.45, 2.75) is 6.92 Å². The predicted molar refractivity (Wildman–Crippen MR) is 45.4 cm³/mol. The summed E-state index contributed by atoms with van der Waals surface area (Å²) in [5.41, 5.74) is -0.849. The largest absolute Gasteiger partial charge is 0.309 e. The van der Waals surface area contributed by atoms with Crippen molar-refractivity contribution in [1.82, 2.24) is 0 Å². The highest BCUT2D eigenvalue weighted by Gasteiger charge is 2.22. The zero-order valence-corrected chi connectivity index (χ0v) is 8.06. The summed E-state index contributed by atoms with van der Waals surface area (Å²) < 4.78 is 25.9. The van der Waals surface area contributed by atoms with Crippen LogP contribution in [0.25, 0.3) is 0 Å². The summed E-state index contributed by atoms with van der Waals surface area (Å²) >= 11 is 2.89. The molecule has 1 aromatic rings. The highest BCUT2D eigenvalue weighted by Crippen LogP contribution is 2.28. The van der Waals surface area contributed by atoms with E-state index in [0.29, 0.717) is 0 Å². The van der Waals surface area contributed by atoms with Gasteiger partial charge >= 0.3 is 5.69 Å². The Balaban J connectivity index is 3.50. The first-order valence-electron chi connectivity index (χ1n) is 3.23. The van der Waals surface area contributed by atoms with Crippen LogP contribution in [0, 0.1) is 28.7 Å². The molecule has 0 N–H and O–H groups in total. The van der Waals surface area contributed by atoms with E-state index in [2.05, 4.69) is 15.9 Å². The van der Waals surface area contributed by atoms with Crippen molar-refractivity contribution in [2.24, 2.45) is 0 Å². The van der Waals surface area contributed by atoms with E-state index in [-0.39, 0.29) is 10.0 Å². The van der Waals surface area contributed by atoms with Gasteiger partial charge in [0.05, 0.1) is 4.92 Å². The molecule has 1 rings (SSSR count). The van der Waals surface area contributed by atoms with Gasteiger partial charge in [-0.15, -0.1) is 0 Å². The number of hydrogen-bond acceptors (Lipinski definition) is 2. The summed E-state index contributed by atoms with van der Waals surface area (Å²) in [6.45, 7) is 1.33. The van der Waals surface area contributed by atoms with Gasteiger partial charge in [-0.3, -0.25) is 10.1 Å². The first kappa shape index (κ1) is 10.0. The number of hydrogen-bond donors (Lipinski definition) is 0. The van der Waals surface area contributed by atoms with E-state index in [0.717, 1.165) is 6.07 Å². The predicted octanol–water partition coefficient (Wildman–Crippen LogP) is 2.94. The Bertz CT molecular complexity index is 381. The Labute approximate surface area is 80.6 Å². The Morgan fingerprint density at radius 3 is 2.46 bits per heavy atom. The molecule has 70 valence electrons. The van der Waals surface area contributed by atoms with E-state index in [1.165, 1.54) is 6.92 Å². The number of benzene rings is 1. The number of rotatable bonds is 1. The maximum Gasteiger partial charge on any atom is 0.309 e. The van der Waals surface area contributed by atoms with Crippen molar-refractivity contribution in [3.05, 3.63) is 37.9 Å². The molecule has 0 aromatic heterocycles. The number of halogens is 3. The molecule has 0 aliphatic carbocycles. The van der Waals surface area contributed by atoms with Crippen LogP contribution in [-0.2, 0) is 0 Å². The minimum absolute atomic E-state index is 0.0168. The van der Waals surface area contributed by atoms with Crippen LogP contribution < -0.4 is 0 Å². The van der Waals surface area contributed by atoms with Crippen LogP contribution in [0.1, 0.15) is 5.56 Å². The van der Waals surface area contributed by atoms with Crippen LogP contribution in [-0.4, -0.2) is 4.92 Å².